The molecule has 2 heterocycles. The molecule has 1 aromatic carbocycles. The monoisotopic (exact) mass is 437 g/mol. The van der Waals surface area contributed by atoms with Crippen molar-refractivity contribution in [1.82, 2.24) is 9.40 Å². The van der Waals surface area contributed by atoms with Gasteiger partial charge in [-0.3, -0.25) is 9.78 Å². The van der Waals surface area contributed by atoms with Crippen molar-refractivity contribution >= 4 is 21.5 Å². The first-order chi connectivity index (χ1) is 14.7. The highest BCUT2D eigenvalue weighted by atomic mass is 32.2. The number of aromatic nitrogens is 1. The van der Waals surface area contributed by atoms with Crippen molar-refractivity contribution in [1.29, 1.82) is 0 Å². The summed E-state index contributed by atoms with van der Waals surface area (Å²) in [6, 6.07) is 14.7. The van der Waals surface area contributed by atoms with Gasteiger partial charge < -0.3 is 0 Å². The topological polar surface area (TPSA) is 79.7 Å². The summed E-state index contributed by atoms with van der Waals surface area (Å²) < 4.78 is 28.9. The van der Waals surface area contributed by atoms with Crippen LogP contribution >= 0.6 is 0 Å². The van der Waals surface area contributed by atoms with Gasteiger partial charge in [0, 0.05) is 19.0 Å². The minimum Gasteiger partial charge on any atom is -0.299 e. The average Bonchev–Trinajstić information content (AvgIpc) is 3.36. The third-order valence-corrected chi connectivity index (χ3v) is 9.63. The van der Waals surface area contributed by atoms with E-state index in [9.17, 15) is 13.2 Å². The van der Waals surface area contributed by atoms with E-state index in [4.69, 9.17) is 0 Å². The molecule has 0 N–H and O–H groups in total. The van der Waals surface area contributed by atoms with Crippen LogP contribution in [0.1, 0.15) is 56.8 Å². The van der Waals surface area contributed by atoms with E-state index in [0.717, 1.165) is 12.0 Å². The average molecular weight is 438 g/mol. The molecule has 2 saturated carbocycles. The predicted molar refractivity (Wildman–Crippen MR) is 119 cm³/mol. The number of carbonyl (C=O) groups excluding carboxylic acids is 1. The third-order valence-electron chi connectivity index (χ3n) is 7.87. The Bertz CT molecular complexity index is 1150. The van der Waals surface area contributed by atoms with Crippen molar-refractivity contribution in [3.05, 3.63) is 66.0 Å². The van der Waals surface area contributed by atoms with E-state index in [1.807, 2.05) is 48.5 Å². The van der Waals surface area contributed by atoms with Crippen molar-refractivity contribution < 1.29 is 13.2 Å². The summed E-state index contributed by atoms with van der Waals surface area (Å²) in [7, 11) is -3.83. The molecule has 31 heavy (non-hydrogen) atoms. The van der Waals surface area contributed by atoms with E-state index in [2.05, 4.69) is 23.9 Å². The standard InChI is InChI=1S/C24H27N3O3S/c1-23(2)18-11-12-24(23,22(28)14-18)16-31(29,30)27-21(17-8-4-3-5-9-17)15-20(26-27)19-10-6-7-13-25-19/h3-10,13,18,21H,11-12,14-16H2,1-2H3. The second-order valence-electron chi connectivity index (χ2n) is 9.59. The summed E-state index contributed by atoms with van der Waals surface area (Å²) in [6.45, 7) is 4.12. The first-order valence-corrected chi connectivity index (χ1v) is 12.4. The molecule has 0 spiro atoms. The van der Waals surface area contributed by atoms with Crippen molar-refractivity contribution in [2.45, 2.75) is 45.6 Å². The third kappa shape index (κ3) is 3.04. The molecule has 1 aliphatic heterocycles. The number of nitrogens with zero attached hydrogens (tertiary/aromatic N) is 3. The lowest BCUT2D eigenvalue weighted by atomic mass is 9.70. The van der Waals surface area contributed by atoms with Gasteiger partial charge >= 0.3 is 0 Å². The maximum absolute atomic E-state index is 13.8. The molecule has 3 unspecified atom stereocenters. The zero-order valence-electron chi connectivity index (χ0n) is 17.9. The molecule has 0 amide bonds. The molecule has 162 valence electrons. The molecule has 2 bridgehead atoms. The highest BCUT2D eigenvalue weighted by Gasteiger charge is 2.66. The van der Waals surface area contributed by atoms with Crippen LogP contribution in [0, 0.1) is 16.7 Å². The van der Waals surface area contributed by atoms with Gasteiger partial charge in [-0.25, -0.2) is 8.42 Å². The van der Waals surface area contributed by atoms with E-state index >= 15 is 0 Å². The smallest absolute Gasteiger partial charge is 0.251 e. The number of hydrogen-bond donors (Lipinski definition) is 0. The second kappa shape index (κ2) is 6.99. The molecule has 2 fully saturated rings. The molecule has 3 aliphatic rings. The van der Waals surface area contributed by atoms with Crippen LogP contribution in [-0.4, -0.2) is 35.1 Å². The quantitative estimate of drug-likeness (QED) is 0.709. The molecule has 0 saturated heterocycles. The summed E-state index contributed by atoms with van der Waals surface area (Å²) >= 11 is 0. The summed E-state index contributed by atoms with van der Waals surface area (Å²) in [6.07, 6.45) is 4.19. The van der Waals surface area contributed by atoms with Gasteiger partial charge in [-0.1, -0.05) is 50.2 Å². The fourth-order valence-electron chi connectivity index (χ4n) is 5.84. The molecule has 5 rings (SSSR count). The van der Waals surface area contributed by atoms with Gasteiger partial charge in [0.15, 0.2) is 0 Å². The Morgan fingerprint density at radius 2 is 1.81 bits per heavy atom. The van der Waals surface area contributed by atoms with Gasteiger partial charge in [0.05, 0.1) is 28.6 Å². The van der Waals surface area contributed by atoms with Crippen LogP contribution in [-0.2, 0) is 14.8 Å². The molecule has 0 radical (unpaired) electrons. The largest absolute Gasteiger partial charge is 0.299 e. The number of rotatable bonds is 5. The molecule has 7 heteroatoms. The lowest BCUT2D eigenvalue weighted by molar-refractivity contribution is -0.128. The molecule has 2 aromatic rings. The van der Waals surface area contributed by atoms with Crippen LogP contribution in [0.2, 0.25) is 0 Å². The highest BCUT2D eigenvalue weighted by Crippen LogP contribution is 2.64. The van der Waals surface area contributed by atoms with E-state index in [0.29, 0.717) is 30.7 Å². The maximum atomic E-state index is 13.8. The number of sulfonamides is 1. The van der Waals surface area contributed by atoms with Crippen molar-refractivity contribution in [3.8, 4) is 0 Å². The first kappa shape index (κ1) is 20.4. The summed E-state index contributed by atoms with van der Waals surface area (Å²) in [4.78, 5) is 17.3. The lowest BCUT2D eigenvalue weighted by Gasteiger charge is -2.37. The van der Waals surface area contributed by atoms with Crippen LogP contribution in [0.25, 0.3) is 0 Å². The van der Waals surface area contributed by atoms with Gasteiger partial charge in [0.2, 0.25) is 0 Å². The second-order valence-corrected chi connectivity index (χ2v) is 11.4. The van der Waals surface area contributed by atoms with Gasteiger partial charge in [0.25, 0.3) is 10.0 Å². The van der Waals surface area contributed by atoms with E-state index in [1.165, 1.54) is 4.41 Å². The summed E-state index contributed by atoms with van der Waals surface area (Å²) in [5.41, 5.74) is 1.09. The molecule has 1 aromatic heterocycles. The Morgan fingerprint density at radius 1 is 1.06 bits per heavy atom. The Kier molecular flexibility index (Phi) is 4.59. The SMILES string of the molecule is CC1(C)C2CCC1(CS(=O)(=O)N1N=C(c3ccccn3)CC1c1ccccc1)C(=O)C2. The fraction of sp³-hybridized carbons (Fsp3) is 0.458. The molecule has 3 atom stereocenters. The van der Waals surface area contributed by atoms with E-state index < -0.39 is 21.5 Å². The lowest BCUT2D eigenvalue weighted by Crippen LogP contribution is -2.45. The van der Waals surface area contributed by atoms with Crippen molar-refractivity contribution in [3.63, 3.8) is 0 Å². The van der Waals surface area contributed by atoms with Crippen LogP contribution < -0.4 is 0 Å². The maximum Gasteiger partial charge on any atom is 0.251 e. The number of ketones is 1. The number of benzene rings is 1. The summed E-state index contributed by atoms with van der Waals surface area (Å²) in [5.74, 6) is 0.193. The first-order valence-electron chi connectivity index (χ1n) is 10.8. The predicted octanol–water partition coefficient (Wildman–Crippen LogP) is 3.96. The van der Waals surface area contributed by atoms with Crippen LogP contribution in [0.15, 0.2) is 59.8 Å². The Labute approximate surface area is 183 Å². The number of fused-ring (bicyclic) bond motifs is 2. The number of carbonyl (C=O) groups is 1. The minimum atomic E-state index is -3.83. The van der Waals surface area contributed by atoms with Gasteiger partial charge in [0.1, 0.15) is 5.78 Å². The zero-order chi connectivity index (χ0) is 21.9. The number of pyridine rings is 1. The minimum absolute atomic E-state index is 0.0988. The number of hydrazone groups is 1. The van der Waals surface area contributed by atoms with E-state index in [1.54, 1.807) is 6.20 Å². The van der Waals surface area contributed by atoms with Gasteiger partial charge in [-0.05, 0) is 41.9 Å². The van der Waals surface area contributed by atoms with Crippen LogP contribution in [0.4, 0.5) is 0 Å². The van der Waals surface area contributed by atoms with E-state index in [-0.39, 0.29) is 22.9 Å². The Morgan fingerprint density at radius 3 is 2.42 bits per heavy atom. The molecular weight excluding hydrogens is 410 g/mol. The highest BCUT2D eigenvalue weighted by molar-refractivity contribution is 7.89. The van der Waals surface area contributed by atoms with Gasteiger partial charge in [-0.2, -0.15) is 9.52 Å². The summed E-state index contributed by atoms with van der Waals surface area (Å²) in [5, 5.41) is 4.57. The van der Waals surface area contributed by atoms with Crippen LogP contribution in [0.3, 0.4) is 0 Å². The molecule has 6 nitrogen and oxygen atoms in total. The fourth-order valence-corrected chi connectivity index (χ4v) is 8.08. The van der Waals surface area contributed by atoms with Crippen LogP contribution in [0.5, 0.6) is 0 Å². The Balaban J connectivity index is 1.55. The van der Waals surface area contributed by atoms with Gasteiger partial charge in [-0.15, -0.1) is 0 Å². The van der Waals surface area contributed by atoms with Crippen molar-refractivity contribution in [2.75, 3.05) is 5.75 Å². The molecule has 2 aliphatic carbocycles. The normalized spacial score (nSPS) is 29.4. The van der Waals surface area contributed by atoms with Crippen molar-refractivity contribution in [2.24, 2.45) is 21.8 Å². The Hall–Kier alpha value is -2.54. The number of hydrogen-bond acceptors (Lipinski definition) is 5. The zero-order valence-corrected chi connectivity index (χ0v) is 18.7. The molecular formula is C24H27N3O3S. The number of Topliss-reactive ketones (excluding diaryl/α,β-unsaturated/α-hetero) is 1.